The molecule has 128 valence electrons. The van der Waals surface area contributed by atoms with Gasteiger partial charge >= 0.3 is 12.1 Å². The van der Waals surface area contributed by atoms with Gasteiger partial charge < -0.3 is 25.4 Å². The average Bonchev–Trinajstić information content (AvgIpc) is 2.44. The van der Waals surface area contributed by atoms with E-state index >= 15 is 0 Å². The molecule has 0 bridgehead atoms. The van der Waals surface area contributed by atoms with E-state index < -0.39 is 11.7 Å². The first kappa shape index (κ1) is 18.6. The first-order valence-electron chi connectivity index (χ1n) is 7.41. The van der Waals surface area contributed by atoms with Crippen molar-refractivity contribution in [1.82, 2.24) is 15.5 Å². The van der Waals surface area contributed by atoms with E-state index in [0.29, 0.717) is 13.1 Å². The summed E-state index contributed by atoms with van der Waals surface area (Å²) in [6.45, 7) is 6.36. The van der Waals surface area contributed by atoms with Gasteiger partial charge in [0.05, 0.1) is 0 Å². The van der Waals surface area contributed by atoms with Gasteiger partial charge in [-0.2, -0.15) is 0 Å². The number of alkyl carbamates (subject to hydrolysis) is 1. The van der Waals surface area contributed by atoms with Crippen molar-refractivity contribution in [2.75, 3.05) is 20.1 Å². The first-order valence-corrected chi connectivity index (χ1v) is 7.41. The molecule has 7 nitrogen and oxygen atoms in total. The number of phenolic OH excluding ortho intramolecular Hbond substituents is 1. The van der Waals surface area contributed by atoms with Crippen LogP contribution in [-0.2, 0) is 11.3 Å². The molecule has 0 unspecified atom stereocenters. The molecule has 0 saturated carbocycles. The highest BCUT2D eigenvalue weighted by molar-refractivity contribution is 5.74. The van der Waals surface area contributed by atoms with Crippen LogP contribution in [0.5, 0.6) is 5.75 Å². The molecule has 0 saturated heterocycles. The van der Waals surface area contributed by atoms with Crippen LogP contribution in [0.4, 0.5) is 9.59 Å². The molecule has 7 heteroatoms. The standard InChI is InChI=1S/C16H25N3O4/c1-16(2,3)23-15(22)18-10-9-17-14(21)19(4)11-12-5-7-13(20)8-6-12/h5-8,20H,9-11H2,1-4H3,(H,17,21)(H,18,22). The third-order valence-corrected chi connectivity index (χ3v) is 2.77. The Kier molecular flexibility index (Phi) is 6.68. The molecule has 0 aromatic heterocycles. The molecular formula is C16H25N3O4. The Morgan fingerprint density at radius 2 is 1.70 bits per heavy atom. The van der Waals surface area contributed by atoms with Crippen LogP contribution in [0.3, 0.4) is 0 Å². The average molecular weight is 323 g/mol. The Morgan fingerprint density at radius 3 is 2.26 bits per heavy atom. The number of carbonyl (C=O) groups excluding carboxylic acids is 2. The highest BCUT2D eigenvalue weighted by atomic mass is 16.6. The van der Waals surface area contributed by atoms with E-state index in [0.717, 1.165) is 5.56 Å². The molecule has 0 heterocycles. The van der Waals surface area contributed by atoms with Gasteiger partial charge in [-0.3, -0.25) is 0 Å². The molecular weight excluding hydrogens is 298 g/mol. The van der Waals surface area contributed by atoms with E-state index in [4.69, 9.17) is 4.74 Å². The molecule has 1 rings (SSSR count). The minimum absolute atomic E-state index is 0.189. The molecule has 0 aliphatic rings. The number of carbonyl (C=O) groups is 2. The zero-order chi connectivity index (χ0) is 17.5. The summed E-state index contributed by atoms with van der Waals surface area (Å²) in [7, 11) is 1.67. The van der Waals surface area contributed by atoms with Crippen molar-refractivity contribution >= 4 is 12.1 Å². The lowest BCUT2D eigenvalue weighted by atomic mass is 10.2. The highest BCUT2D eigenvalue weighted by Gasteiger charge is 2.15. The Morgan fingerprint density at radius 1 is 1.13 bits per heavy atom. The molecule has 0 aliphatic heterocycles. The molecule has 1 aromatic carbocycles. The van der Waals surface area contributed by atoms with Gasteiger partial charge in [0.25, 0.3) is 0 Å². The van der Waals surface area contributed by atoms with Gasteiger partial charge in [-0.05, 0) is 38.5 Å². The molecule has 23 heavy (non-hydrogen) atoms. The largest absolute Gasteiger partial charge is 0.508 e. The maximum absolute atomic E-state index is 11.9. The summed E-state index contributed by atoms with van der Waals surface area (Å²) >= 11 is 0. The Bertz CT molecular complexity index is 523. The van der Waals surface area contributed by atoms with Gasteiger partial charge in [0.2, 0.25) is 0 Å². The molecule has 0 spiro atoms. The van der Waals surface area contributed by atoms with Crippen molar-refractivity contribution in [3.8, 4) is 5.75 Å². The van der Waals surface area contributed by atoms with Crippen LogP contribution in [0.1, 0.15) is 26.3 Å². The Balaban J connectivity index is 2.25. The number of hydrogen-bond donors (Lipinski definition) is 3. The molecule has 0 radical (unpaired) electrons. The lowest BCUT2D eigenvalue weighted by Gasteiger charge is -2.20. The predicted molar refractivity (Wildman–Crippen MR) is 87.2 cm³/mol. The number of nitrogens with zero attached hydrogens (tertiary/aromatic N) is 1. The summed E-state index contributed by atoms with van der Waals surface area (Å²) < 4.78 is 5.09. The van der Waals surface area contributed by atoms with Crippen LogP contribution in [-0.4, -0.2) is 47.9 Å². The maximum Gasteiger partial charge on any atom is 0.407 e. The lowest BCUT2D eigenvalue weighted by molar-refractivity contribution is 0.0528. The predicted octanol–water partition coefficient (Wildman–Crippen LogP) is 2.06. The third-order valence-electron chi connectivity index (χ3n) is 2.77. The van der Waals surface area contributed by atoms with Crippen LogP contribution in [0.25, 0.3) is 0 Å². The fourth-order valence-corrected chi connectivity index (χ4v) is 1.73. The monoisotopic (exact) mass is 323 g/mol. The van der Waals surface area contributed by atoms with Crippen molar-refractivity contribution in [1.29, 1.82) is 0 Å². The number of amides is 3. The van der Waals surface area contributed by atoms with Crippen LogP contribution in [0.2, 0.25) is 0 Å². The summed E-state index contributed by atoms with van der Waals surface area (Å²) in [4.78, 5) is 24.9. The number of hydrogen-bond acceptors (Lipinski definition) is 4. The summed E-state index contributed by atoms with van der Waals surface area (Å²) in [6, 6.07) is 6.41. The highest BCUT2D eigenvalue weighted by Crippen LogP contribution is 2.11. The number of nitrogens with one attached hydrogen (secondary N) is 2. The van der Waals surface area contributed by atoms with E-state index in [2.05, 4.69) is 10.6 Å². The van der Waals surface area contributed by atoms with Gasteiger partial charge in [0, 0.05) is 26.7 Å². The minimum Gasteiger partial charge on any atom is -0.508 e. The normalized spacial score (nSPS) is 10.8. The minimum atomic E-state index is -0.544. The van der Waals surface area contributed by atoms with Crippen molar-refractivity contribution in [2.45, 2.75) is 32.9 Å². The molecule has 0 fully saturated rings. The summed E-state index contributed by atoms with van der Waals surface area (Å²) in [5.74, 6) is 0.189. The first-order chi connectivity index (χ1) is 10.7. The van der Waals surface area contributed by atoms with Crippen LogP contribution in [0.15, 0.2) is 24.3 Å². The van der Waals surface area contributed by atoms with E-state index in [9.17, 15) is 14.7 Å². The molecule has 1 aromatic rings. The molecule has 3 amide bonds. The van der Waals surface area contributed by atoms with Crippen molar-refractivity contribution < 1.29 is 19.4 Å². The third kappa shape index (κ3) is 7.94. The summed E-state index contributed by atoms with van der Waals surface area (Å²) in [6.07, 6.45) is -0.510. The SMILES string of the molecule is CN(Cc1ccc(O)cc1)C(=O)NCCNC(=O)OC(C)(C)C. The molecule has 3 N–H and O–H groups in total. The summed E-state index contributed by atoms with van der Waals surface area (Å²) in [5, 5.41) is 14.5. The van der Waals surface area contributed by atoms with Crippen molar-refractivity contribution in [3.05, 3.63) is 29.8 Å². The second-order valence-corrected chi connectivity index (χ2v) is 6.18. The number of rotatable bonds is 5. The van der Waals surface area contributed by atoms with Crippen LogP contribution in [0, 0.1) is 0 Å². The number of benzene rings is 1. The van der Waals surface area contributed by atoms with E-state index in [1.54, 1.807) is 52.1 Å². The van der Waals surface area contributed by atoms with Crippen molar-refractivity contribution in [2.24, 2.45) is 0 Å². The maximum atomic E-state index is 11.9. The fourth-order valence-electron chi connectivity index (χ4n) is 1.73. The number of urea groups is 1. The van der Waals surface area contributed by atoms with E-state index in [-0.39, 0.29) is 18.3 Å². The zero-order valence-corrected chi connectivity index (χ0v) is 14.0. The zero-order valence-electron chi connectivity index (χ0n) is 14.0. The van der Waals surface area contributed by atoms with Gasteiger partial charge in [-0.15, -0.1) is 0 Å². The lowest BCUT2D eigenvalue weighted by Crippen LogP contribution is -2.42. The van der Waals surface area contributed by atoms with Gasteiger partial charge in [0.1, 0.15) is 11.4 Å². The fraction of sp³-hybridized carbons (Fsp3) is 0.500. The number of aromatic hydroxyl groups is 1. The van der Waals surface area contributed by atoms with Gasteiger partial charge in [0.15, 0.2) is 0 Å². The quantitative estimate of drug-likeness (QED) is 0.723. The smallest absolute Gasteiger partial charge is 0.407 e. The summed E-state index contributed by atoms with van der Waals surface area (Å²) in [5.41, 5.74) is 0.366. The second-order valence-electron chi connectivity index (χ2n) is 6.18. The second kappa shape index (κ2) is 8.26. The van der Waals surface area contributed by atoms with Crippen molar-refractivity contribution in [3.63, 3.8) is 0 Å². The van der Waals surface area contributed by atoms with Gasteiger partial charge in [-0.25, -0.2) is 9.59 Å². The molecule has 0 atom stereocenters. The van der Waals surface area contributed by atoms with E-state index in [1.165, 1.54) is 4.90 Å². The Labute approximate surface area is 136 Å². The number of phenols is 1. The van der Waals surface area contributed by atoms with Gasteiger partial charge in [-0.1, -0.05) is 12.1 Å². The molecule has 0 aliphatic carbocycles. The van der Waals surface area contributed by atoms with E-state index in [1.807, 2.05) is 0 Å². The van der Waals surface area contributed by atoms with Crippen LogP contribution >= 0.6 is 0 Å². The number of ether oxygens (including phenoxy) is 1. The van der Waals surface area contributed by atoms with Crippen LogP contribution < -0.4 is 10.6 Å². The topological polar surface area (TPSA) is 90.9 Å². The Hall–Kier alpha value is -2.44.